The summed E-state index contributed by atoms with van der Waals surface area (Å²) in [5, 5.41) is 0. The van der Waals surface area contributed by atoms with Crippen molar-refractivity contribution in [2.75, 3.05) is 13.1 Å². The molecule has 0 aliphatic carbocycles. The topological polar surface area (TPSA) is 29.3 Å². The highest BCUT2D eigenvalue weighted by Crippen LogP contribution is 2.22. The standard InChI is InChI=1S/C13H18BrFN2.ClH/c14-11-4-5-13(15)10(7-11)9-17-6-2-1-3-12(17)8-16;/h4-5,7,12H,1-3,6,8-9,16H2;1H. The number of piperidine rings is 1. The number of hydrogen-bond acceptors (Lipinski definition) is 2. The summed E-state index contributed by atoms with van der Waals surface area (Å²) in [4.78, 5) is 2.30. The highest BCUT2D eigenvalue weighted by atomic mass is 79.9. The zero-order valence-electron chi connectivity index (χ0n) is 10.2. The summed E-state index contributed by atoms with van der Waals surface area (Å²) in [6, 6.07) is 5.51. The molecule has 0 aromatic heterocycles. The van der Waals surface area contributed by atoms with E-state index < -0.39 is 0 Å². The van der Waals surface area contributed by atoms with Crippen LogP contribution in [-0.2, 0) is 6.54 Å². The first-order valence-corrected chi connectivity index (χ1v) is 6.88. The summed E-state index contributed by atoms with van der Waals surface area (Å²) in [7, 11) is 0. The third-order valence-corrected chi connectivity index (χ3v) is 3.90. The first-order valence-electron chi connectivity index (χ1n) is 6.08. The molecule has 1 atom stereocenters. The van der Waals surface area contributed by atoms with Gasteiger partial charge in [-0.3, -0.25) is 4.90 Å². The van der Waals surface area contributed by atoms with E-state index in [1.54, 1.807) is 6.07 Å². The molecule has 18 heavy (non-hydrogen) atoms. The summed E-state index contributed by atoms with van der Waals surface area (Å²) < 4.78 is 14.6. The van der Waals surface area contributed by atoms with Crippen LogP contribution in [0.4, 0.5) is 4.39 Å². The molecule has 2 nitrogen and oxygen atoms in total. The van der Waals surface area contributed by atoms with Crippen molar-refractivity contribution in [1.82, 2.24) is 4.90 Å². The van der Waals surface area contributed by atoms with Gasteiger partial charge in [0.1, 0.15) is 5.82 Å². The van der Waals surface area contributed by atoms with E-state index in [0.29, 0.717) is 19.1 Å². The van der Waals surface area contributed by atoms with E-state index in [-0.39, 0.29) is 18.2 Å². The number of benzene rings is 1. The van der Waals surface area contributed by atoms with Crippen LogP contribution in [0.5, 0.6) is 0 Å². The minimum Gasteiger partial charge on any atom is -0.329 e. The lowest BCUT2D eigenvalue weighted by Crippen LogP contribution is -2.43. The van der Waals surface area contributed by atoms with Crippen LogP contribution in [0.1, 0.15) is 24.8 Å². The summed E-state index contributed by atoms with van der Waals surface area (Å²) in [5.74, 6) is -0.130. The molecule has 1 aliphatic rings. The van der Waals surface area contributed by atoms with Crippen molar-refractivity contribution in [1.29, 1.82) is 0 Å². The van der Waals surface area contributed by atoms with Gasteiger partial charge in [-0.2, -0.15) is 0 Å². The maximum absolute atomic E-state index is 13.7. The van der Waals surface area contributed by atoms with Crippen LogP contribution in [-0.4, -0.2) is 24.0 Å². The highest BCUT2D eigenvalue weighted by molar-refractivity contribution is 9.10. The van der Waals surface area contributed by atoms with Gasteiger partial charge in [-0.05, 0) is 37.6 Å². The van der Waals surface area contributed by atoms with Gasteiger partial charge in [0, 0.05) is 29.2 Å². The van der Waals surface area contributed by atoms with Crippen molar-refractivity contribution < 1.29 is 4.39 Å². The molecule has 2 rings (SSSR count). The van der Waals surface area contributed by atoms with Crippen molar-refractivity contribution in [2.45, 2.75) is 31.8 Å². The molecule has 0 saturated carbocycles. The van der Waals surface area contributed by atoms with Gasteiger partial charge in [-0.1, -0.05) is 22.4 Å². The Labute approximate surface area is 122 Å². The van der Waals surface area contributed by atoms with Crippen LogP contribution < -0.4 is 5.73 Å². The summed E-state index contributed by atoms with van der Waals surface area (Å²) >= 11 is 3.38. The smallest absolute Gasteiger partial charge is 0.127 e. The van der Waals surface area contributed by atoms with E-state index in [9.17, 15) is 4.39 Å². The molecule has 5 heteroatoms. The predicted octanol–water partition coefficient (Wildman–Crippen LogP) is 3.32. The van der Waals surface area contributed by atoms with Crippen molar-refractivity contribution in [3.05, 3.63) is 34.1 Å². The van der Waals surface area contributed by atoms with Gasteiger partial charge in [0.2, 0.25) is 0 Å². The first-order chi connectivity index (χ1) is 8.20. The van der Waals surface area contributed by atoms with Gasteiger partial charge >= 0.3 is 0 Å². The van der Waals surface area contributed by atoms with Crippen LogP contribution >= 0.6 is 28.3 Å². The fraction of sp³-hybridized carbons (Fsp3) is 0.538. The molecule has 2 N–H and O–H groups in total. The third-order valence-electron chi connectivity index (χ3n) is 3.40. The Morgan fingerprint density at radius 3 is 2.89 bits per heavy atom. The van der Waals surface area contributed by atoms with Crippen LogP contribution in [0.15, 0.2) is 22.7 Å². The van der Waals surface area contributed by atoms with Gasteiger partial charge in [-0.25, -0.2) is 4.39 Å². The lowest BCUT2D eigenvalue weighted by atomic mass is 10.0. The molecule has 1 unspecified atom stereocenters. The minimum atomic E-state index is -0.130. The summed E-state index contributed by atoms with van der Waals surface area (Å²) in [6.07, 6.45) is 3.55. The van der Waals surface area contributed by atoms with Gasteiger partial charge in [-0.15, -0.1) is 12.4 Å². The Bertz CT molecular complexity index is 389. The van der Waals surface area contributed by atoms with Crippen LogP contribution in [0, 0.1) is 5.82 Å². The monoisotopic (exact) mass is 336 g/mol. The molecule has 102 valence electrons. The molecule has 0 radical (unpaired) electrons. The average molecular weight is 338 g/mol. The lowest BCUT2D eigenvalue weighted by Gasteiger charge is -2.35. The maximum atomic E-state index is 13.7. The molecule has 0 amide bonds. The van der Waals surface area contributed by atoms with Gasteiger partial charge < -0.3 is 5.73 Å². The molecule has 1 aromatic carbocycles. The summed E-state index contributed by atoms with van der Waals surface area (Å²) in [6.45, 7) is 2.34. The number of halogens is 3. The van der Waals surface area contributed by atoms with E-state index in [1.165, 1.54) is 18.9 Å². The normalized spacial score (nSPS) is 20.5. The molecule has 0 bridgehead atoms. The van der Waals surface area contributed by atoms with Crippen molar-refractivity contribution in [3.8, 4) is 0 Å². The van der Waals surface area contributed by atoms with Gasteiger partial charge in [0.05, 0.1) is 0 Å². The maximum Gasteiger partial charge on any atom is 0.127 e. The van der Waals surface area contributed by atoms with E-state index in [1.807, 2.05) is 6.07 Å². The van der Waals surface area contributed by atoms with Crippen LogP contribution in [0.3, 0.4) is 0 Å². The Balaban J connectivity index is 0.00000162. The van der Waals surface area contributed by atoms with E-state index in [2.05, 4.69) is 20.8 Å². The quantitative estimate of drug-likeness (QED) is 0.917. The largest absolute Gasteiger partial charge is 0.329 e. The van der Waals surface area contributed by atoms with E-state index >= 15 is 0 Å². The van der Waals surface area contributed by atoms with Crippen LogP contribution in [0.2, 0.25) is 0 Å². The predicted molar refractivity (Wildman–Crippen MR) is 78.5 cm³/mol. The Morgan fingerprint density at radius 1 is 1.39 bits per heavy atom. The number of nitrogens with two attached hydrogens (primary N) is 1. The molecule has 1 heterocycles. The fourth-order valence-electron chi connectivity index (χ4n) is 2.42. The van der Waals surface area contributed by atoms with E-state index in [0.717, 1.165) is 23.0 Å². The second-order valence-corrected chi connectivity index (χ2v) is 5.51. The fourth-order valence-corrected chi connectivity index (χ4v) is 2.83. The second-order valence-electron chi connectivity index (χ2n) is 4.59. The number of rotatable bonds is 3. The SMILES string of the molecule is Cl.NCC1CCCCN1Cc1cc(Br)ccc1F. The molecule has 1 fully saturated rings. The van der Waals surface area contributed by atoms with Crippen LogP contribution in [0.25, 0.3) is 0 Å². The average Bonchev–Trinajstić information content (AvgIpc) is 2.34. The van der Waals surface area contributed by atoms with E-state index in [4.69, 9.17) is 5.73 Å². The van der Waals surface area contributed by atoms with Gasteiger partial charge in [0.25, 0.3) is 0 Å². The Morgan fingerprint density at radius 2 is 2.17 bits per heavy atom. The Hall–Kier alpha value is -0.160. The molecule has 1 saturated heterocycles. The number of hydrogen-bond donors (Lipinski definition) is 1. The Kier molecular flexibility index (Phi) is 6.57. The zero-order valence-corrected chi connectivity index (χ0v) is 12.6. The zero-order chi connectivity index (χ0) is 12.3. The number of nitrogens with zero attached hydrogens (tertiary/aromatic N) is 1. The highest BCUT2D eigenvalue weighted by Gasteiger charge is 2.21. The second kappa shape index (κ2) is 7.43. The van der Waals surface area contributed by atoms with Crippen molar-refractivity contribution in [2.24, 2.45) is 5.73 Å². The van der Waals surface area contributed by atoms with Crippen molar-refractivity contribution >= 4 is 28.3 Å². The van der Waals surface area contributed by atoms with Gasteiger partial charge in [0.15, 0.2) is 0 Å². The lowest BCUT2D eigenvalue weighted by molar-refractivity contribution is 0.143. The third kappa shape index (κ3) is 3.92. The minimum absolute atomic E-state index is 0. The first kappa shape index (κ1) is 15.9. The molecule has 1 aromatic rings. The van der Waals surface area contributed by atoms with Crippen molar-refractivity contribution in [3.63, 3.8) is 0 Å². The molecular formula is C13H19BrClFN2. The molecule has 1 aliphatic heterocycles. The molecular weight excluding hydrogens is 319 g/mol. The number of likely N-dealkylation sites (tertiary alicyclic amines) is 1. The summed E-state index contributed by atoms with van der Waals surface area (Å²) in [5.41, 5.74) is 6.52. The molecule has 0 spiro atoms.